The van der Waals surface area contributed by atoms with Crippen molar-refractivity contribution in [2.75, 3.05) is 6.61 Å². The molecule has 0 spiro atoms. The summed E-state index contributed by atoms with van der Waals surface area (Å²) in [6.07, 6.45) is 0.953. The van der Waals surface area contributed by atoms with E-state index < -0.39 is 0 Å². The van der Waals surface area contributed by atoms with E-state index in [-0.39, 0.29) is 6.04 Å². The van der Waals surface area contributed by atoms with Gasteiger partial charge in [-0.1, -0.05) is 42.5 Å². The van der Waals surface area contributed by atoms with Gasteiger partial charge in [0.2, 0.25) is 0 Å². The van der Waals surface area contributed by atoms with E-state index in [1.807, 2.05) is 25.1 Å². The molecule has 2 rings (SSSR count). The highest BCUT2D eigenvalue weighted by atomic mass is 16.5. The van der Waals surface area contributed by atoms with Gasteiger partial charge in [0.25, 0.3) is 0 Å². The predicted octanol–water partition coefficient (Wildman–Crippen LogP) is 3.00. The first-order chi connectivity index (χ1) is 8.74. The van der Waals surface area contributed by atoms with Crippen LogP contribution in [-0.4, -0.2) is 12.6 Å². The smallest absolute Gasteiger partial charge is 0.119 e. The van der Waals surface area contributed by atoms with Gasteiger partial charge in [0, 0.05) is 6.04 Å². The molecular formula is C16H19NO. The normalized spacial score (nSPS) is 12.1. The highest BCUT2D eigenvalue weighted by Gasteiger charge is 1.99. The van der Waals surface area contributed by atoms with Crippen molar-refractivity contribution in [3.05, 3.63) is 65.7 Å². The predicted molar refractivity (Wildman–Crippen MR) is 74.8 cm³/mol. The van der Waals surface area contributed by atoms with Gasteiger partial charge < -0.3 is 10.5 Å². The summed E-state index contributed by atoms with van der Waals surface area (Å²) in [5, 5.41) is 0. The molecule has 0 aliphatic rings. The molecule has 2 N–H and O–H groups in total. The minimum Gasteiger partial charge on any atom is -0.492 e. The first kappa shape index (κ1) is 12.7. The average molecular weight is 241 g/mol. The van der Waals surface area contributed by atoms with Crippen LogP contribution in [0.2, 0.25) is 0 Å². The molecule has 0 radical (unpaired) electrons. The van der Waals surface area contributed by atoms with E-state index in [1.54, 1.807) is 0 Å². The second kappa shape index (κ2) is 6.22. The van der Waals surface area contributed by atoms with Crippen molar-refractivity contribution in [2.45, 2.75) is 19.4 Å². The Morgan fingerprint density at radius 3 is 2.17 bits per heavy atom. The van der Waals surface area contributed by atoms with Crippen LogP contribution >= 0.6 is 0 Å². The third-order valence-electron chi connectivity index (χ3n) is 2.69. The fourth-order valence-electron chi connectivity index (χ4n) is 1.76. The molecule has 2 heteroatoms. The lowest BCUT2D eigenvalue weighted by molar-refractivity contribution is 0.296. The lowest BCUT2D eigenvalue weighted by Crippen LogP contribution is -2.23. The first-order valence-corrected chi connectivity index (χ1v) is 6.25. The van der Waals surface area contributed by atoms with Gasteiger partial charge in [0.05, 0.1) is 0 Å². The molecule has 0 amide bonds. The van der Waals surface area contributed by atoms with Crippen LogP contribution in [0.1, 0.15) is 18.1 Å². The topological polar surface area (TPSA) is 35.2 Å². The summed E-state index contributed by atoms with van der Waals surface area (Å²) in [4.78, 5) is 0. The van der Waals surface area contributed by atoms with Gasteiger partial charge in [-0.15, -0.1) is 0 Å². The molecule has 0 unspecified atom stereocenters. The molecule has 18 heavy (non-hydrogen) atoms. The molecule has 94 valence electrons. The summed E-state index contributed by atoms with van der Waals surface area (Å²) in [6.45, 7) is 2.49. The van der Waals surface area contributed by atoms with Crippen LogP contribution in [-0.2, 0) is 6.42 Å². The third-order valence-corrected chi connectivity index (χ3v) is 2.69. The summed E-state index contributed by atoms with van der Waals surface area (Å²) < 4.78 is 5.55. The molecule has 0 bridgehead atoms. The van der Waals surface area contributed by atoms with E-state index in [0.717, 1.165) is 12.2 Å². The molecule has 0 fully saturated rings. The number of ether oxygens (including phenoxy) is 1. The molecule has 0 saturated heterocycles. The van der Waals surface area contributed by atoms with Gasteiger partial charge in [0.1, 0.15) is 12.4 Å². The Morgan fingerprint density at radius 1 is 0.944 bits per heavy atom. The SMILES string of the molecule is C[C@H](N)COc1ccc(Cc2ccccc2)cc1. The maximum absolute atomic E-state index is 5.65. The minimum absolute atomic E-state index is 0.0639. The lowest BCUT2D eigenvalue weighted by atomic mass is 10.1. The Labute approximate surface area is 108 Å². The van der Waals surface area contributed by atoms with Gasteiger partial charge in [-0.3, -0.25) is 0 Å². The maximum Gasteiger partial charge on any atom is 0.119 e. The summed E-state index contributed by atoms with van der Waals surface area (Å²) in [5.41, 5.74) is 8.25. The molecule has 0 aliphatic heterocycles. The molecule has 0 heterocycles. The van der Waals surface area contributed by atoms with Crippen LogP contribution < -0.4 is 10.5 Å². The van der Waals surface area contributed by atoms with Crippen LogP contribution in [0.4, 0.5) is 0 Å². The maximum atomic E-state index is 5.65. The Hall–Kier alpha value is -1.80. The van der Waals surface area contributed by atoms with Crippen LogP contribution in [0.5, 0.6) is 5.75 Å². The highest BCUT2D eigenvalue weighted by molar-refractivity contribution is 5.31. The van der Waals surface area contributed by atoms with E-state index in [1.165, 1.54) is 11.1 Å². The number of nitrogens with two attached hydrogens (primary N) is 1. The zero-order chi connectivity index (χ0) is 12.8. The minimum atomic E-state index is 0.0639. The Morgan fingerprint density at radius 2 is 1.56 bits per heavy atom. The van der Waals surface area contributed by atoms with Crippen LogP contribution in [0.15, 0.2) is 54.6 Å². The van der Waals surface area contributed by atoms with Gasteiger partial charge >= 0.3 is 0 Å². The van der Waals surface area contributed by atoms with E-state index in [4.69, 9.17) is 10.5 Å². The van der Waals surface area contributed by atoms with E-state index in [2.05, 4.69) is 36.4 Å². The Bertz CT molecular complexity index is 462. The molecule has 1 atom stereocenters. The van der Waals surface area contributed by atoms with Crippen LogP contribution in [0.3, 0.4) is 0 Å². The number of hydrogen-bond acceptors (Lipinski definition) is 2. The van der Waals surface area contributed by atoms with Crippen molar-refractivity contribution in [2.24, 2.45) is 5.73 Å². The molecule has 2 aromatic rings. The Balaban J connectivity index is 1.95. The molecule has 2 nitrogen and oxygen atoms in total. The molecule has 2 aromatic carbocycles. The standard InChI is InChI=1S/C16H19NO/c1-13(17)12-18-16-9-7-15(8-10-16)11-14-5-3-2-4-6-14/h2-10,13H,11-12,17H2,1H3/t13-/m0/s1. The van der Waals surface area contributed by atoms with Gasteiger partial charge in [-0.05, 0) is 36.6 Å². The van der Waals surface area contributed by atoms with Crippen LogP contribution in [0.25, 0.3) is 0 Å². The van der Waals surface area contributed by atoms with Crippen LogP contribution in [0, 0.1) is 0 Å². The summed E-state index contributed by atoms with van der Waals surface area (Å²) in [6, 6.07) is 18.7. The fourth-order valence-corrected chi connectivity index (χ4v) is 1.76. The Kier molecular flexibility index (Phi) is 4.37. The van der Waals surface area contributed by atoms with Gasteiger partial charge in [-0.25, -0.2) is 0 Å². The van der Waals surface area contributed by atoms with E-state index in [9.17, 15) is 0 Å². The monoisotopic (exact) mass is 241 g/mol. The van der Waals surface area contributed by atoms with E-state index >= 15 is 0 Å². The van der Waals surface area contributed by atoms with Crippen molar-refractivity contribution < 1.29 is 4.74 Å². The van der Waals surface area contributed by atoms with Crippen molar-refractivity contribution in [1.29, 1.82) is 0 Å². The van der Waals surface area contributed by atoms with Gasteiger partial charge in [-0.2, -0.15) is 0 Å². The lowest BCUT2D eigenvalue weighted by Gasteiger charge is -2.09. The van der Waals surface area contributed by atoms with E-state index in [0.29, 0.717) is 6.61 Å². The zero-order valence-corrected chi connectivity index (χ0v) is 10.7. The molecule has 0 aromatic heterocycles. The van der Waals surface area contributed by atoms with Crippen molar-refractivity contribution in [3.8, 4) is 5.75 Å². The molecule has 0 aliphatic carbocycles. The largest absolute Gasteiger partial charge is 0.492 e. The number of rotatable bonds is 5. The van der Waals surface area contributed by atoms with Crippen molar-refractivity contribution in [1.82, 2.24) is 0 Å². The number of hydrogen-bond donors (Lipinski definition) is 1. The summed E-state index contributed by atoms with van der Waals surface area (Å²) >= 11 is 0. The molecule has 0 saturated carbocycles. The summed E-state index contributed by atoms with van der Waals surface area (Å²) in [5.74, 6) is 0.879. The first-order valence-electron chi connectivity index (χ1n) is 6.25. The van der Waals surface area contributed by atoms with Gasteiger partial charge in [0.15, 0.2) is 0 Å². The zero-order valence-electron chi connectivity index (χ0n) is 10.7. The van der Waals surface area contributed by atoms with Crippen molar-refractivity contribution >= 4 is 0 Å². The second-order valence-electron chi connectivity index (χ2n) is 4.59. The van der Waals surface area contributed by atoms with Crippen molar-refractivity contribution in [3.63, 3.8) is 0 Å². The summed E-state index contributed by atoms with van der Waals surface area (Å²) in [7, 11) is 0. The average Bonchev–Trinajstić information content (AvgIpc) is 2.39. The highest BCUT2D eigenvalue weighted by Crippen LogP contribution is 2.15. The quantitative estimate of drug-likeness (QED) is 0.873. The third kappa shape index (κ3) is 3.90. The number of benzene rings is 2. The second-order valence-corrected chi connectivity index (χ2v) is 4.59. The molecular weight excluding hydrogens is 222 g/mol. The fraction of sp³-hybridized carbons (Fsp3) is 0.250.